The van der Waals surface area contributed by atoms with Gasteiger partial charge < -0.3 is 18.5 Å². The van der Waals surface area contributed by atoms with E-state index < -0.39 is 5.97 Å². The molecule has 4 aromatic rings. The molecule has 2 heterocycles. The molecular weight excluding hydrogens is 382 g/mol. The van der Waals surface area contributed by atoms with Gasteiger partial charge in [-0.05, 0) is 43.3 Å². The first-order chi connectivity index (χ1) is 14.5. The zero-order valence-electron chi connectivity index (χ0n) is 16.8. The largest absolute Gasteiger partial charge is 0.492 e. The molecule has 0 bridgehead atoms. The summed E-state index contributed by atoms with van der Waals surface area (Å²) < 4.78 is 17.9. The van der Waals surface area contributed by atoms with Crippen LogP contribution in [0.4, 0.5) is 0 Å². The van der Waals surface area contributed by atoms with Gasteiger partial charge in [-0.15, -0.1) is 0 Å². The van der Waals surface area contributed by atoms with Gasteiger partial charge in [-0.1, -0.05) is 29.8 Å². The summed E-state index contributed by atoms with van der Waals surface area (Å²) in [5, 5.41) is 0.754. The Hall–Kier alpha value is -3.80. The van der Waals surface area contributed by atoms with Crippen molar-refractivity contribution in [1.82, 2.24) is 4.57 Å². The lowest BCUT2D eigenvalue weighted by Crippen LogP contribution is -2.14. The summed E-state index contributed by atoms with van der Waals surface area (Å²) >= 11 is 0. The summed E-state index contributed by atoms with van der Waals surface area (Å²) in [4.78, 5) is 24.4. The van der Waals surface area contributed by atoms with Gasteiger partial charge in [0, 0.05) is 17.1 Å². The summed E-state index contributed by atoms with van der Waals surface area (Å²) in [6.45, 7) is 2.90. The molecule has 0 unspecified atom stereocenters. The van der Waals surface area contributed by atoms with Crippen LogP contribution < -0.4 is 4.74 Å². The highest BCUT2D eigenvalue weighted by Crippen LogP contribution is 2.25. The fourth-order valence-electron chi connectivity index (χ4n) is 3.24. The Morgan fingerprint density at radius 2 is 1.83 bits per heavy atom. The van der Waals surface area contributed by atoms with Crippen molar-refractivity contribution >= 4 is 22.7 Å². The van der Waals surface area contributed by atoms with E-state index in [2.05, 4.69) is 4.74 Å². The highest BCUT2D eigenvalue weighted by atomic mass is 16.5. The fourth-order valence-corrected chi connectivity index (χ4v) is 3.24. The van der Waals surface area contributed by atoms with Crippen LogP contribution in [0, 0.1) is 6.92 Å². The molecule has 0 fully saturated rings. The number of fused-ring (bicyclic) bond motifs is 1. The van der Waals surface area contributed by atoms with Crippen LogP contribution in [-0.4, -0.2) is 30.0 Å². The molecule has 0 N–H and O–H groups in total. The first-order valence-electron chi connectivity index (χ1n) is 9.56. The van der Waals surface area contributed by atoms with E-state index in [-0.39, 0.29) is 11.5 Å². The lowest BCUT2D eigenvalue weighted by molar-refractivity contribution is 0.0567. The van der Waals surface area contributed by atoms with Gasteiger partial charge >= 0.3 is 5.97 Å². The number of ether oxygens (including phenoxy) is 2. The van der Waals surface area contributed by atoms with Crippen molar-refractivity contribution in [3.63, 3.8) is 0 Å². The molecule has 0 radical (unpaired) electrons. The van der Waals surface area contributed by atoms with E-state index in [0.717, 1.165) is 10.9 Å². The van der Waals surface area contributed by atoms with E-state index in [9.17, 15) is 9.59 Å². The minimum Gasteiger partial charge on any atom is -0.492 e. The highest BCUT2D eigenvalue weighted by molar-refractivity contribution is 6.08. The summed E-state index contributed by atoms with van der Waals surface area (Å²) in [5.74, 6) is 0.261. The minimum atomic E-state index is -0.521. The van der Waals surface area contributed by atoms with E-state index in [1.807, 2.05) is 54.1 Å². The number of rotatable bonds is 7. The number of aryl methyl sites for hydroxylation is 1. The Labute approximate surface area is 173 Å². The van der Waals surface area contributed by atoms with Gasteiger partial charge in [0.1, 0.15) is 17.9 Å². The number of ketones is 1. The molecule has 0 aliphatic rings. The molecule has 0 amide bonds. The normalized spacial score (nSPS) is 10.9. The average molecular weight is 403 g/mol. The van der Waals surface area contributed by atoms with Crippen LogP contribution in [0.25, 0.3) is 11.0 Å². The van der Waals surface area contributed by atoms with Crippen LogP contribution in [0.5, 0.6) is 5.75 Å². The number of carbonyl (C=O) groups is 2. The molecule has 0 atom stereocenters. The maximum Gasteiger partial charge on any atom is 0.373 e. The van der Waals surface area contributed by atoms with Gasteiger partial charge in [-0.2, -0.15) is 0 Å². The molecule has 2 aromatic heterocycles. The van der Waals surface area contributed by atoms with Gasteiger partial charge in [-0.3, -0.25) is 4.79 Å². The number of benzene rings is 2. The second-order valence-corrected chi connectivity index (χ2v) is 6.93. The zero-order chi connectivity index (χ0) is 21.1. The van der Waals surface area contributed by atoms with E-state index in [1.165, 1.54) is 7.11 Å². The molecule has 0 spiro atoms. The number of aromatic nitrogens is 1. The predicted molar refractivity (Wildman–Crippen MR) is 112 cm³/mol. The first kappa shape index (κ1) is 19.5. The van der Waals surface area contributed by atoms with Crippen LogP contribution in [0.1, 0.15) is 32.2 Å². The van der Waals surface area contributed by atoms with Crippen molar-refractivity contribution < 1.29 is 23.5 Å². The molecule has 6 heteroatoms. The third-order valence-corrected chi connectivity index (χ3v) is 4.85. The van der Waals surface area contributed by atoms with Gasteiger partial charge in [0.05, 0.1) is 19.3 Å². The Balaban J connectivity index is 1.42. The third-order valence-electron chi connectivity index (χ3n) is 4.85. The average Bonchev–Trinajstić information content (AvgIpc) is 3.40. The standard InChI is InChI=1S/C24H21NO5/c1-16-5-7-17(8-6-16)23(26)20-4-3-11-25(20)12-13-29-19-9-10-21-18(14-19)15-22(30-21)24(27)28-2/h3-11,14-15H,12-13H2,1-2H3. The van der Waals surface area contributed by atoms with Crippen molar-refractivity contribution in [2.75, 3.05) is 13.7 Å². The zero-order valence-corrected chi connectivity index (χ0v) is 16.8. The maximum atomic E-state index is 12.8. The van der Waals surface area contributed by atoms with Crippen LogP contribution in [-0.2, 0) is 11.3 Å². The number of furan rings is 1. The van der Waals surface area contributed by atoms with Crippen molar-refractivity contribution in [2.24, 2.45) is 0 Å². The minimum absolute atomic E-state index is 0.0184. The smallest absolute Gasteiger partial charge is 0.373 e. The summed E-state index contributed by atoms with van der Waals surface area (Å²) in [7, 11) is 1.31. The molecule has 152 valence electrons. The molecule has 0 aliphatic carbocycles. The lowest BCUT2D eigenvalue weighted by Gasteiger charge is -2.10. The lowest BCUT2D eigenvalue weighted by atomic mass is 10.1. The Kier molecular flexibility index (Phi) is 5.39. The number of hydrogen-bond acceptors (Lipinski definition) is 5. The maximum absolute atomic E-state index is 12.8. The Morgan fingerprint density at radius 3 is 2.60 bits per heavy atom. The van der Waals surface area contributed by atoms with Gasteiger partial charge in [0.25, 0.3) is 0 Å². The topological polar surface area (TPSA) is 70.7 Å². The Morgan fingerprint density at radius 1 is 1.03 bits per heavy atom. The SMILES string of the molecule is COC(=O)c1cc2cc(OCCn3cccc3C(=O)c3ccc(C)cc3)ccc2o1. The molecule has 2 aromatic carbocycles. The Bertz CT molecular complexity index is 1200. The number of hydrogen-bond donors (Lipinski definition) is 0. The highest BCUT2D eigenvalue weighted by Gasteiger charge is 2.14. The number of methoxy groups -OCH3 is 1. The summed E-state index contributed by atoms with van der Waals surface area (Å²) in [6.07, 6.45) is 1.87. The first-order valence-corrected chi connectivity index (χ1v) is 9.56. The van der Waals surface area contributed by atoms with E-state index in [4.69, 9.17) is 9.15 Å². The number of nitrogens with zero attached hydrogens (tertiary/aromatic N) is 1. The quantitative estimate of drug-likeness (QED) is 0.332. The van der Waals surface area contributed by atoms with Gasteiger partial charge in [0.2, 0.25) is 11.5 Å². The molecule has 0 aliphatic heterocycles. The van der Waals surface area contributed by atoms with Crippen molar-refractivity contribution in [1.29, 1.82) is 0 Å². The monoisotopic (exact) mass is 403 g/mol. The van der Waals surface area contributed by atoms with Crippen LogP contribution in [0.3, 0.4) is 0 Å². The van der Waals surface area contributed by atoms with Gasteiger partial charge in [0.15, 0.2) is 0 Å². The van der Waals surface area contributed by atoms with Crippen LogP contribution in [0.2, 0.25) is 0 Å². The molecular formula is C24H21NO5. The van der Waals surface area contributed by atoms with E-state index in [0.29, 0.717) is 35.7 Å². The van der Waals surface area contributed by atoms with Gasteiger partial charge in [-0.25, -0.2) is 4.79 Å². The van der Waals surface area contributed by atoms with Crippen molar-refractivity contribution in [3.8, 4) is 5.75 Å². The predicted octanol–water partition coefficient (Wildman–Crippen LogP) is 4.64. The molecule has 6 nitrogen and oxygen atoms in total. The second kappa shape index (κ2) is 8.29. The fraction of sp³-hybridized carbons (Fsp3) is 0.167. The van der Waals surface area contributed by atoms with Crippen LogP contribution in [0.15, 0.2) is 71.3 Å². The third kappa shape index (κ3) is 3.98. The van der Waals surface area contributed by atoms with E-state index in [1.54, 1.807) is 24.3 Å². The number of carbonyl (C=O) groups excluding carboxylic acids is 2. The second-order valence-electron chi connectivity index (χ2n) is 6.93. The molecule has 0 saturated carbocycles. The van der Waals surface area contributed by atoms with E-state index >= 15 is 0 Å². The molecule has 0 saturated heterocycles. The summed E-state index contributed by atoms with van der Waals surface area (Å²) in [6, 6.07) is 18.2. The summed E-state index contributed by atoms with van der Waals surface area (Å²) in [5.41, 5.74) is 2.98. The van der Waals surface area contributed by atoms with Crippen molar-refractivity contribution in [2.45, 2.75) is 13.5 Å². The molecule has 4 rings (SSSR count). The molecule has 30 heavy (non-hydrogen) atoms. The van der Waals surface area contributed by atoms with Crippen molar-refractivity contribution in [3.05, 3.63) is 89.4 Å². The van der Waals surface area contributed by atoms with Crippen LogP contribution >= 0.6 is 0 Å². The number of esters is 1.